The predicted octanol–water partition coefficient (Wildman–Crippen LogP) is 3.03. The summed E-state index contributed by atoms with van der Waals surface area (Å²) in [6.45, 7) is 0. The summed E-state index contributed by atoms with van der Waals surface area (Å²) in [6.07, 6.45) is 2.96. The summed E-state index contributed by atoms with van der Waals surface area (Å²) < 4.78 is 0.848. The molecule has 0 saturated heterocycles. The zero-order valence-corrected chi connectivity index (χ0v) is 8.24. The van der Waals surface area contributed by atoms with Crippen molar-refractivity contribution in [3.63, 3.8) is 0 Å². The summed E-state index contributed by atoms with van der Waals surface area (Å²) in [5, 5.41) is 11.6. The van der Waals surface area contributed by atoms with Crippen LogP contribution in [0.2, 0.25) is 4.34 Å². The molecule has 1 aliphatic carbocycles. The van der Waals surface area contributed by atoms with Gasteiger partial charge in [0.2, 0.25) is 0 Å². The van der Waals surface area contributed by atoms with Gasteiger partial charge in [-0.2, -0.15) is 0 Å². The Morgan fingerprint density at radius 3 is 2.83 bits per heavy atom. The Morgan fingerprint density at radius 2 is 2.33 bits per heavy atom. The molecule has 1 fully saturated rings. The molecule has 0 amide bonds. The lowest BCUT2D eigenvalue weighted by atomic mass is 9.99. The first-order chi connectivity index (χ1) is 5.79. The molecule has 1 nitrogen and oxygen atoms in total. The van der Waals surface area contributed by atoms with Crippen molar-refractivity contribution in [1.82, 2.24) is 0 Å². The highest BCUT2D eigenvalue weighted by Gasteiger charge is 2.28. The maximum atomic E-state index is 9.63. The van der Waals surface area contributed by atoms with Crippen LogP contribution in [-0.4, -0.2) is 11.2 Å². The molecule has 2 unspecified atom stereocenters. The minimum atomic E-state index is -0.169. The number of thiophene rings is 1. The molecule has 0 aliphatic heterocycles. The molecular formula is C9H11ClOS. The molecule has 0 aromatic carbocycles. The van der Waals surface area contributed by atoms with Crippen molar-refractivity contribution in [2.75, 3.05) is 0 Å². The van der Waals surface area contributed by atoms with Crippen LogP contribution in [0.4, 0.5) is 0 Å². The third kappa shape index (κ3) is 1.39. The Kier molecular flexibility index (Phi) is 2.40. The molecule has 2 rings (SSSR count). The molecule has 3 heteroatoms. The first-order valence-electron chi connectivity index (χ1n) is 4.20. The zero-order valence-electron chi connectivity index (χ0n) is 6.66. The average Bonchev–Trinajstić information content (AvgIpc) is 2.59. The van der Waals surface area contributed by atoms with Crippen molar-refractivity contribution in [2.24, 2.45) is 0 Å². The maximum absolute atomic E-state index is 9.63. The van der Waals surface area contributed by atoms with Crippen molar-refractivity contribution in [1.29, 1.82) is 0 Å². The van der Waals surface area contributed by atoms with Crippen LogP contribution in [0.15, 0.2) is 11.4 Å². The third-order valence-corrected chi connectivity index (χ3v) is 3.73. The second-order valence-corrected chi connectivity index (χ2v) is 4.77. The van der Waals surface area contributed by atoms with Crippen LogP contribution in [0, 0.1) is 0 Å². The molecule has 66 valence electrons. The summed E-state index contributed by atoms with van der Waals surface area (Å²) in [7, 11) is 0. The third-order valence-electron chi connectivity index (χ3n) is 2.53. The molecule has 1 N–H and O–H groups in total. The Hall–Kier alpha value is -0.0500. The number of aliphatic hydroxyl groups is 1. The normalized spacial score (nSPS) is 29.5. The van der Waals surface area contributed by atoms with Gasteiger partial charge in [-0.25, -0.2) is 0 Å². The van der Waals surface area contributed by atoms with E-state index in [1.54, 1.807) is 11.3 Å². The molecule has 1 aromatic rings. The van der Waals surface area contributed by atoms with Crippen LogP contribution in [0.3, 0.4) is 0 Å². The second kappa shape index (κ2) is 3.36. The standard InChI is InChI=1S/C9H11ClOS/c10-9-7(4-5-12-9)6-2-1-3-8(6)11/h4-6,8,11H,1-3H2. The first-order valence-corrected chi connectivity index (χ1v) is 5.46. The molecule has 1 heterocycles. The van der Waals surface area contributed by atoms with Gasteiger partial charge in [-0.3, -0.25) is 0 Å². The van der Waals surface area contributed by atoms with Gasteiger partial charge in [0.25, 0.3) is 0 Å². The lowest BCUT2D eigenvalue weighted by Gasteiger charge is -2.12. The van der Waals surface area contributed by atoms with Crippen molar-refractivity contribution < 1.29 is 5.11 Å². The number of hydrogen-bond donors (Lipinski definition) is 1. The molecule has 1 aromatic heterocycles. The van der Waals surface area contributed by atoms with Gasteiger partial charge < -0.3 is 5.11 Å². The molecule has 1 saturated carbocycles. The van der Waals surface area contributed by atoms with Crippen LogP contribution in [0.5, 0.6) is 0 Å². The average molecular weight is 203 g/mol. The first kappa shape index (κ1) is 8.54. The van der Waals surface area contributed by atoms with E-state index in [4.69, 9.17) is 11.6 Å². The Bertz CT molecular complexity index is 271. The van der Waals surface area contributed by atoms with E-state index in [0.29, 0.717) is 5.92 Å². The van der Waals surface area contributed by atoms with Crippen LogP contribution >= 0.6 is 22.9 Å². The maximum Gasteiger partial charge on any atom is 0.0964 e. The van der Waals surface area contributed by atoms with Gasteiger partial charge in [-0.05, 0) is 29.9 Å². The van der Waals surface area contributed by atoms with E-state index in [9.17, 15) is 5.11 Å². The monoisotopic (exact) mass is 202 g/mol. The van der Waals surface area contributed by atoms with E-state index >= 15 is 0 Å². The fraction of sp³-hybridized carbons (Fsp3) is 0.556. The summed E-state index contributed by atoms with van der Waals surface area (Å²) in [4.78, 5) is 0. The van der Waals surface area contributed by atoms with Gasteiger partial charge in [0.05, 0.1) is 10.4 Å². The van der Waals surface area contributed by atoms with E-state index in [2.05, 4.69) is 0 Å². The smallest absolute Gasteiger partial charge is 0.0964 e. The largest absolute Gasteiger partial charge is 0.392 e. The van der Waals surface area contributed by atoms with Crippen LogP contribution in [0.1, 0.15) is 30.7 Å². The summed E-state index contributed by atoms with van der Waals surface area (Å²) in [5.41, 5.74) is 1.15. The molecule has 1 aliphatic rings. The van der Waals surface area contributed by atoms with Gasteiger partial charge in [0.15, 0.2) is 0 Å². The Balaban J connectivity index is 2.24. The van der Waals surface area contributed by atoms with Crippen LogP contribution in [0.25, 0.3) is 0 Å². The SMILES string of the molecule is OC1CCCC1c1ccsc1Cl. The zero-order chi connectivity index (χ0) is 8.55. The van der Waals surface area contributed by atoms with Crippen LogP contribution in [-0.2, 0) is 0 Å². The summed E-state index contributed by atoms with van der Waals surface area (Å²) in [6, 6.07) is 2.03. The molecule has 0 radical (unpaired) electrons. The summed E-state index contributed by atoms with van der Waals surface area (Å²) in [5.74, 6) is 0.295. The van der Waals surface area contributed by atoms with Crippen molar-refractivity contribution >= 4 is 22.9 Å². The fourth-order valence-corrected chi connectivity index (χ4v) is 2.92. The molecule has 12 heavy (non-hydrogen) atoms. The Morgan fingerprint density at radius 1 is 1.50 bits per heavy atom. The van der Waals surface area contributed by atoms with E-state index in [1.807, 2.05) is 11.4 Å². The molecule has 0 spiro atoms. The lowest BCUT2D eigenvalue weighted by molar-refractivity contribution is 0.164. The number of hydrogen-bond acceptors (Lipinski definition) is 2. The second-order valence-electron chi connectivity index (χ2n) is 3.25. The van der Waals surface area contributed by atoms with Crippen molar-refractivity contribution in [2.45, 2.75) is 31.3 Å². The minimum absolute atomic E-state index is 0.169. The predicted molar refractivity (Wildman–Crippen MR) is 51.9 cm³/mol. The van der Waals surface area contributed by atoms with Crippen molar-refractivity contribution in [3.8, 4) is 0 Å². The van der Waals surface area contributed by atoms with Crippen molar-refractivity contribution in [3.05, 3.63) is 21.3 Å². The van der Waals surface area contributed by atoms with Gasteiger partial charge >= 0.3 is 0 Å². The van der Waals surface area contributed by atoms with E-state index in [0.717, 1.165) is 29.2 Å². The summed E-state index contributed by atoms with van der Waals surface area (Å²) >= 11 is 7.54. The molecule has 0 bridgehead atoms. The topological polar surface area (TPSA) is 20.2 Å². The van der Waals surface area contributed by atoms with E-state index in [-0.39, 0.29) is 6.10 Å². The highest BCUT2D eigenvalue weighted by Crippen LogP contribution is 2.39. The van der Waals surface area contributed by atoms with Gasteiger partial charge in [-0.15, -0.1) is 11.3 Å². The van der Waals surface area contributed by atoms with E-state index in [1.165, 1.54) is 0 Å². The number of aliphatic hydroxyl groups excluding tert-OH is 1. The van der Waals surface area contributed by atoms with Gasteiger partial charge in [0, 0.05) is 5.92 Å². The minimum Gasteiger partial charge on any atom is -0.392 e. The van der Waals surface area contributed by atoms with Gasteiger partial charge in [-0.1, -0.05) is 18.0 Å². The van der Waals surface area contributed by atoms with E-state index < -0.39 is 0 Å². The molecule has 2 atom stereocenters. The number of halogens is 1. The molecular weight excluding hydrogens is 192 g/mol. The van der Waals surface area contributed by atoms with Crippen LogP contribution < -0.4 is 0 Å². The Labute approximate surface area is 81.0 Å². The quantitative estimate of drug-likeness (QED) is 0.743. The lowest BCUT2D eigenvalue weighted by Crippen LogP contribution is -2.10. The fourth-order valence-electron chi connectivity index (χ4n) is 1.87. The number of rotatable bonds is 1. The van der Waals surface area contributed by atoms with Gasteiger partial charge in [0.1, 0.15) is 0 Å². The highest BCUT2D eigenvalue weighted by molar-refractivity contribution is 7.14. The highest BCUT2D eigenvalue weighted by atomic mass is 35.5.